The molecule has 1 heterocycles. The predicted molar refractivity (Wildman–Crippen MR) is 77.7 cm³/mol. The van der Waals surface area contributed by atoms with E-state index in [1.54, 1.807) is 36.6 Å². The molecule has 0 saturated carbocycles. The minimum Gasteiger partial charge on any atom is -0.490 e. The first kappa shape index (κ1) is 14.2. The number of rotatable bonds is 6. The van der Waals surface area contributed by atoms with Crippen LogP contribution in [0, 0.1) is 0 Å². The Morgan fingerprint density at radius 2 is 2.15 bits per heavy atom. The lowest BCUT2D eigenvalue weighted by atomic mass is 10.3. The summed E-state index contributed by atoms with van der Waals surface area (Å²) in [6.07, 6.45) is 4.56. The minimum atomic E-state index is -0.204. The number of para-hydroxylation sites is 1. The molecule has 20 heavy (non-hydrogen) atoms. The second-order valence-corrected chi connectivity index (χ2v) is 4.33. The lowest BCUT2D eigenvalue weighted by Crippen LogP contribution is -2.26. The van der Waals surface area contributed by atoms with Gasteiger partial charge in [-0.25, -0.2) is 0 Å². The van der Waals surface area contributed by atoms with Crippen molar-refractivity contribution >= 4 is 23.6 Å². The highest BCUT2D eigenvalue weighted by molar-refractivity contribution is 6.32. The summed E-state index contributed by atoms with van der Waals surface area (Å²) >= 11 is 5.94. The van der Waals surface area contributed by atoms with Crippen LogP contribution in [-0.2, 0) is 4.79 Å². The van der Waals surface area contributed by atoms with Crippen LogP contribution >= 0.6 is 11.6 Å². The fraction of sp³-hybridized carbons (Fsp3) is 0.133. The molecule has 0 aliphatic heterocycles. The van der Waals surface area contributed by atoms with E-state index in [1.165, 1.54) is 6.08 Å². The van der Waals surface area contributed by atoms with Gasteiger partial charge in [0.1, 0.15) is 18.1 Å². The van der Waals surface area contributed by atoms with Gasteiger partial charge >= 0.3 is 0 Å². The van der Waals surface area contributed by atoms with Crippen molar-refractivity contribution in [3.8, 4) is 5.75 Å². The second-order valence-electron chi connectivity index (χ2n) is 3.92. The van der Waals surface area contributed by atoms with E-state index < -0.39 is 0 Å². The third kappa shape index (κ3) is 4.48. The van der Waals surface area contributed by atoms with Gasteiger partial charge in [-0.05, 0) is 30.3 Å². The maximum atomic E-state index is 11.5. The molecule has 0 radical (unpaired) electrons. The van der Waals surface area contributed by atoms with E-state index in [1.807, 2.05) is 12.1 Å². The van der Waals surface area contributed by atoms with Crippen LogP contribution in [0.2, 0.25) is 5.02 Å². The molecular formula is C15H14ClNO3. The lowest BCUT2D eigenvalue weighted by molar-refractivity contribution is -0.116. The van der Waals surface area contributed by atoms with Crippen molar-refractivity contribution in [2.45, 2.75) is 0 Å². The van der Waals surface area contributed by atoms with E-state index in [2.05, 4.69) is 5.32 Å². The van der Waals surface area contributed by atoms with Crippen molar-refractivity contribution in [2.75, 3.05) is 13.2 Å². The third-order valence-corrected chi connectivity index (χ3v) is 2.75. The predicted octanol–water partition coefficient (Wildman–Crippen LogP) is 3.14. The van der Waals surface area contributed by atoms with Gasteiger partial charge in [0, 0.05) is 6.08 Å². The Hall–Kier alpha value is -2.20. The van der Waals surface area contributed by atoms with Crippen molar-refractivity contribution in [3.05, 3.63) is 59.5 Å². The number of hydrogen-bond donors (Lipinski definition) is 1. The summed E-state index contributed by atoms with van der Waals surface area (Å²) in [5, 5.41) is 3.25. The van der Waals surface area contributed by atoms with E-state index in [9.17, 15) is 4.79 Å². The molecule has 1 amide bonds. The van der Waals surface area contributed by atoms with E-state index in [-0.39, 0.29) is 5.91 Å². The molecule has 0 aliphatic carbocycles. The average molecular weight is 292 g/mol. The molecule has 0 atom stereocenters. The molecule has 1 aromatic heterocycles. The third-order valence-electron chi connectivity index (χ3n) is 2.44. The zero-order valence-electron chi connectivity index (χ0n) is 10.7. The standard InChI is InChI=1S/C15H14ClNO3/c16-13-5-1-2-6-14(13)20-11-9-17-15(18)8-7-12-4-3-10-19-12/h1-8,10H,9,11H2,(H,17,18). The summed E-state index contributed by atoms with van der Waals surface area (Å²) in [6.45, 7) is 0.747. The molecule has 0 unspecified atom stereocenters. The van der Waals surface area contributed by atoms with Crippen molar-refractivity contribution in [1.82, 2.24) is 5.32 Å². The first-order valence-corrected chi connectivity index (χ1v) is 6.50. The normalized spacial score (nSPS) is 10.7. The molecule has 104 valence electrons. The van der Waals surface area contributed by atoms with Gasteiger partial charge in [-0.3, -0.25) is 4.79 Å². The van der Waals surface area contributed by atoms with Crippen LogP contribution in [0.3, 0.4) is 0 Å². The van der Waals surface area contributed by atoms with Gasteiger partial charge < -0.3 is 14.5 Å². The summed E-state index contributed by atoms with van der Waals surface area (Å²) < 4.78 is 10.5. The maximum Gasteiger partial charge on any atom is 0.244 e. The fourth-order valence-corrected chi connectivity index (χ4v) is 1.69. The Morgan fingerprint density at radius 1 is 1.30 bits per heavy atom. The number of hydrogen-bond acceptors (Lipinski definition) is 3. The highest BCUT2D eigenvalue weighted by Gasteiger charge is 2.00. The van der Waals surface area contributed by atoms with Gasteiger partial charge in [0.15, 0.2) is 0 Å². The van der Waals surface area contributed by atoms with Gasteiger partial charge in [-0.15, -0.1) is 0 Å². The molecule has 5 heteroatoms. The molecule has 1 N–H and O–H groups in total. The van der Waals surface area contributed by atoms with Gasteiger partial charge in [-0.2, -0.15) is 0 Å². The van der Waals surface area contributed by atoms with Gasteiger partial charge in [-0.1, -0.05) is 23.7 Å². The Kier molecular flexibility index (Phi) is 5.26. The molecule has 0 fully saturated rings. The van der Waals surface area contributed by atoms with Crippen LogP contribution in [0.4, 0.5) is 0 Å². The Bertz CT molecular complexity index is 579. The Morgan fingerprint density at radius 3 is 2.90 bits per heavy atom. The van der Waals surface area contributed by atoms with Crippen molar-refractivity contribution in [3.63, 3.8) is 0 Å². The van der Waals surface area contributed by atoms with Crippen LogP contribution in [0.15, 0.2) is 53.2 Å². The van der Waals surface area contributed by atoms with Gasteiger partial charge in [0.2, 0.25) is 5.91 Å². The molecule has 2 rings (SSSR count). The summed E-state index contributed by atoms with van der Waals surface area (Å²) in [7, 11) is 0. The molecule has 0 spiro atoms. The average Bonchev–Trinajstić information content (AvgIpc) is 2.96. The summed E-state index contributed by atoms with van der Waals surface area (Å²) in [4.78, 5) is 11.5. The largest absolute Gasteiger partial charge is 0.490 e. The van der Waals surface area contributed by atoms with Crippen LogP contribution in [0.5, 0.6) is 5.75 Å². The number of ether oxygens (including phenoxy) is 1. The maximum absolute atomic E-state index is 11.5. The van der Waals surface area contributed by atoms with Crippen LogP contribution < -0.4 is 10.1 Å². The zero-order valence-corrected chi connectivity index (χ0v) is 11.5. The molecule has 1 aromatic carbocycles. The number of amides is 1. The minimum absolute atomic E-state index is 0.204. The van der Waals surface area contributed by atoms with Crippen molar-refractivity contribution < 1.29 is 13.9 Å². The molecule has 0 saturated heterocycles. The zero-order chi connectivity index (χ0) is 14.2. The molecule has 2 aromatic rings. The Balaban J connectivity index is 1.68. The first-order valence-electron chi connectivity index (χ1n) is 6.12. The second kappa shape index (κ2) is 7.40. The van der Waals surface area contributed by atoms with Crippen molar-refractivity contribution in [2.24, 2.45) is 0 Å². The van der Waals surface area contributed by atoms with E-state index >= 15 is 0 Å². The first-order chi connectivity index (χ1) is 9.75. The number of carbonyl (C=O) groups is 1. The highest BCUT2D eigenvalue weighted by Crippen LogP contribution is 2.22. The number of benzene rings is 1. The molecule has 0 aliphatic rings. The van der Waals surface area contributed by atoms with Crippen molar-refractivity contribution in [1.29, 1.82) is 0 Å². The van der Waals surface area contributed by atoms with Crippen LogP contribution in [0.1, 0.15) is 5.76 Å². The lowest BCUT2D eigenvalue weighted by Gasteiger charge is -2.07. The summed E-state index contributed by atoms with van der Waals surface area (Å²) in [5.74, 6) is 1.03. The molecule has 4 nitrogen and oxygen atoms in total. The topological polar surface area (TPSA) is 51.5 Å². The van der Waals surface area contributed by atoms with E-state index in [4.69, 9.17) is 20.8 Å². The number of carbonyl (C=O) groups excluding carboxylic acids is 1. The van der Waals surface area contributed by atoms with Gasteiger partial charge in [0.25, 0.3) is 0 Å². The number of furan rings is 1. The highest BCUT2D eigenvalue weighted by atomic mass is 35.5. The quantitative estimate of drug-likeness (QED) is 0.657. The smallest absolute Gasteiger partial charge is 0.244 e. The fourth-order valence-electron chi connectivity index (χ4n) is 1.50. The molecule has 0 bridgehead atoms. The Labute approximate surface area is 122 Å². The number of nitrogens with one attached hydrogen (secondary N) is 1. The van der Waals surface area contributed by atoms with E-state index in [0.29, 0.717) is 29.7 Å². The number of halogens is 1. The van der Waals surface area contributed by atoms with E-state index in [0.717, 1.165) is 0 Å². The van der Waals surface area contributed by atoms with Gasteiger partial charge in [0.05, 0.1) is 17.8 Å². The molecular weight excluding hydrogens is 278 g/mol. The SMILES string of the molecule is O=C(C=Cc1ccco1)NCCOc1ccccc1Cl. The van der Waals surface area contributed by atoms with Crippen LogP contribution in [-0.4, -0.2) is 19.1 Å². The van der Waals surface area contributed by atoms with Crippen LogP contribution in [0.25, 0.3) is 6.08 Å². The summed E-state index contributed by atoms with van der Waals surface area (Å²) in [6, 6.07) is 10.7. The monoisotopic (exact) mass is 291 g/mol. The summed E-state index contributed by atoms with van der Waals surface area (Å²) in [5.41, 5.74) is 0.